The predicted molar refractivity (Wildman–Crippen MR) is 105 cm³/mol. The number of hydrogen-bond acceptors (Lipinski definition) is 5. The summed E-state index contributed by atoms with van der Waals surface area (Å²) in [6.07, 6.45) is 8.00. The maximum atomic E-state index is 12.1. The molecule has 0 saturated heterocycles. The van der Waals surface area contributed by atoms with Gasteiger partial charge in [0.15, 0.2) is 5.13 Å². The summed E-state index contributed by atoms with van der Waals surface area (Å²) < 4.78 is 1.24. The number of rotatable bonds is 6. The first-order valence-corrected chi connectivity index (χ1v) is 10.5. The zero-order valence-corrected chi connectivity index (χ0v) is 15.7. The number of thiazole rings is 2. The van der Waals surface area contributed by atoms with Crippen LogP contribution in [0.5, 0.6) is 0 Å². The van der Waals surface area contributed by atoms with Gasteiger partial charge in [0.05, 0.1) is 20.9 Å². The van der Waals surface area contributed by atoms with Crippen LogP contribution in [0.1, 0.15) is 47.7 Å². The number of benzene rings is 1. The normalized spacial score (nSPS) is 13.8. The Morgan fingerprint density at radius 2 is 1.96 bits per heavy atom. The van der Waals surface area contributed by atoms with Crippen molar-refractivity contribution in [2.45, 2.75) is 51.4 Å². The molecule has 0 spiro atoms. The average Bonchev–Trinajstić information content (AvgIpc) is 3.21. The Kier molecular flexibility index (Phi) is 5.08. The Morgan fingerprint density at radius 3 is 2.84 bits per heavy atom. The van der Waals surface area contributed by atoms with E-state index in [9.17, 15) is 4.79 Å². The number of aromatic nitrogens is 2. The largest absolute Gasteiger partial charge is 0.302 e. The molecule has 0 unspecified atom stereocenters. The molecule has 1 amide bonds. The number of anilines is 1. The van der Waals surface area contributed by atoms with Gasteiger partial charge in [-0.25, -0.2) is 9.97 Å². The Morgan fingerprint density at radius 1 is 1.08 bits per heavy atom. The summed E-state index contributed by atoms with van der Waals surface area (Å²) in [7, 11) is 0. The third-order valence-electron chi connectivity index (χ3n) is 4.47. The summed E-state index contributed by atoms with van der Waals surface area (Å²) in [6, 6.07) is 8.23. The second kappa shape index (κ2) is 7.62. The maximum absolute atomic E-state index is 12.1. The third kappa shape index (κ3) is 4.07. The lowest BCUT2D eigenvalue weighted by Gasteiger charge is -2.06. The van der Waals surface area contributed by atoms with E-state index in [-0.39, 0.29) is 5.91 Å². The van der Waals surface area contributed by atoms with Crippen molar-refractivity contribution in [2.24, 2.45) is 0 Å². The molecule has 1 aliphatic carbocycles. The number of hydrogen-bond donors (Lipinski definition) is 1. The Hall–Kier alpha value is -1.79. The number of para-hydroxylation sites is 1. The van der Waals surface area contributed by atoms with Gasteiger partial charge in [-0.3, -0.25) is 4.79 Å². The second-order valence-corrected chi connectivity index (χ2v) is 8.63. The Labute approximate surface area is 155 Å². The molecule has 6 heteroatoms. The highest BCUT2D eigenvalue weighted by Crippen LogP contribution is 2.29. The number of carbonyl (C=O) groups is 1. The van der Waals surface area contributed by atoms with Crippen molar-refractivity contribution < 1.29 is 4.79 Å². The standard InChI is InChI=1S/C19H21N3OS2/c23-17(22-19-21-14-8-2-4-10-16(14)25-19)11-5-6-12-18-20-13-7-1-3-9-15(13)24-18/h1,3,7,9H,2,4-6,8,10-12H2,(H,21,22,23). The van der Waals surface area contributed by atoms with E-state index in [1.165, 1.54) is 28.1 Å². The van der Waals surface area contributed by atoms with E-state index in [0.717, 1.165) is 47.8 Å². The van der Waals surface area contributed by atoms with E-state index in [1.807, 2.05) is 12.1 Å². The van der Waals surface area contributed by atoms with E-state index >= 15 is 0 Å². The molecular weight excluding hydrogens is 350 g/mol. The topological polar surface area (TPSA) is 54.9 Å². The van der Waals surface area contributed by atoms with E-state index in [4.69, 9.17) is 0 Å². The zero-order valence-electron chi connectivity index (χ0n) is 14.1. The number of nitrogens with one attached hydrogen (secondary N) is 1. The molecule has 1 N–H and O–H groups in total. The van der Waals surface area contributed by atoms with Crippen LogP contribution in [0.25, 0.3) is 10.2 Å². The Balaban J connectivity index is 1.23. The van der Waals surface area contributed by atoms with Gasteiger partial charge in [0.25, 0.3) is 0 Å². The zero-order chi connectivity index (χ0) is 17.1. The fourth-order valence-electron chi connectivity index (χ4n) is 3.18. The van der Waals surface area contributed by atoms with Gasteiger partial charge in [-0.2, -0.15) is 0 Å². The highest BCUT2D eigenvalue weighted by atomic mass is 32.1. The van der Waals surface area contributed by atoms with Crippen LogP contribution < -0.4 is 5.32 Å². The van der Waals surface area contributed by atoms with Gasteiger partial charge in [-0.1, -0.05) is 12.1 Å². The number of aryl methyl sites for hydroxylation is 3. The van der Waals surface area contributed by atoms with Crippen LogP contribution in [-0.2, 0) is 24.1 Å². The quantitative estimate of drug-likeness (QED) is 0.622. The monoisotopic (exact) mass is 371 g/mol. The third-order valence-corrected chi connectivity index (χ3v) is 6.64. The van der Waals surface area contributed by atoms with Gasteiger partial charge in [-0.15, -0.1) is 22.7 Å². The van der Waals surface area contributed by atoms with Crippen LogP contribution in [0.15, 0.2) is 24.3 Å². The van der Waals surface area contributed by atoms with Gasteiger partial charge >= 0.3 is 0 Å². The smallest absolute Gasteiger partial charge is 0.226 e. The van der Waals surface area contributed by atoms with Crippen molar-refractivity contribution in [1.29, 1.82) is 0 Å². The molecule has 2 aromatic heterocycles. The first kappa shape index (κ1) is 16.7. The molecule has 0 aliphatic heterocycles. The molecule has 0 saturated carbocycles. The van der Waals surface area contributed by atoms with Gasteiger partial charge in [0.2, 0.25) is 5.91 Å². The lowest BCUT2D eigenvalue weighted by molar-refractivity contribution is -0.116. The molecule has 1 aliphatic rings. The Bertz CT molecular complexity index is 827. The molecule has 0 fully saturated rings. The summed E-state index contributed by atoms with van der Waals surface area (Å²) in [6.45, 7) is 0. The van der Waals surface area contributed by atoms with Crippen molar-refractivity contribution in [3.8, 4) is 0 Å². The van der Waals surface area contributed by atoms with E-state index in [2.05, 4.69) is 27.4 Å². The number of nitrogens with zero attached hydrogens (tertiary/aromatic N) is 2. The molecule has 25 heavy (non-hydrogen) atoms. The lowest BCUT2D eigenvalue weighted by atomic mass is 10.0. The molecular formula is C19H21N3OS2. The van der Waals surface area contributed by atoms with Crippen LogP contribution in [0, 0.1) is 0 Å². The van der Waals surface area contributed by atoms with Crippen LogP contribution in [-0.4, -0.2) is 15.9 Å². The fourth-order valence-corrected chi connectivity index (χ4v) is 5.25. The summed E-state index contributed by atoms with van der Waals surface area (Å²) in [5.41, 5.74) is 2.27. The fraction of sp³-hybridized carbons (Fsp3) is 0.421. The molecule has 130 valence electrons. The number of unbranched alkanes of at least 4 members (excludes halogenated alkanes) is 1. The molecule has 4 nitrogen and oxygen atoms in total. The highest BCUT2D eigenvalue weighted by molar-refractivity contribution is 7.18. The predicted octanol–water partition coefficient (Wildman–Crippen LogP) is 4.98. The van der Waals surface area contributed by atoms with Gasteiger partial charge in [0, 0.05) is 11.3 Å². The van der Waals surface area contributed by atoms with Crippen molar-refractivity contribution in [3.63, 3.8) is 0 Å². The SMILES string of the molecule is O=C(CCCCc1nc2ccccc2s1)Nc1nc2c(s1)CCCC2. The number of fused-ring (bicyclic) bond motifs is 2. The van der Waals surface area contributed by atoms with Crippen LogP contribution >= 0.6 is 22.7 Å². The van der Waals surface area contributed by atoms with E-state index in [1.54, 1.807) is 22.7 Å². The summed E-state index contributed by atoms with van der Waals surface area (Å²) in [5, 5.41) is 4.92. The van der Waals surface area contributed by atoms with Crippen molar-refractivity contribution in [2.75, 3.05) is 5.32 Å². The van der Waals surface area contributed by atoms with Crippen LogP contribution in [0.4, 0.5) is 5.13 Å². The second-order valence-electron chi connectivity index (χ2n) is 6.43. The maximum Gasteiger partial charge on any atom is 0.226 e. The molecule has 1 aromatic carbocycles. The number of amides is 1. The van der Waals surface area contributed by atoms with Crippen LogP contribution in [0.3, 0.4) is 0 Å². The minimum atomic E-state index is 0.0791. The van der Waals surface area contributed by atoms with E-state index < -0.39 is 0 Å². The summed E-state index contributed by atoms with van der Waals surface area (Å²) >= 11 is 3.40. The van der Waals surface area contributed by atoms with Gasteiger partial charge < -0.3 is 5.32 Å². The van der Waals surface area contributed by atoms with Crippen molar-refractivity contribution >= 4 is 43.9 Å². The van der Waals surface area contributed by atoms with Crippen molar-refractivity contribution in [1.82, 2.24) is 9.97 Å². The molecule has 3 aromatic rings. The van der Waals surface area contributed by atoms with Crippen molar-refractivity contribution in [3.05, 3.63) is 39.8 Å². The van der Waals surface area contributed by atoms with Gasteiger partial charge in [0.1, 0.15) is 0 Å². The highest BCUT2D eigenvalue weighted by Gasteiger charge is 2.16. The van der Waals surface area contributed by atoms with E-state index in [0.29, 0.717) is 6.42 Å². The lowest BCUT2D eigenvalue weighted by Crippen LogP contribution is -2.11. The van der Waals surface area contributed by atoms with Crippen LogP contribution in [0.2, 0.25) is 0 Å². The molecule has 4 rings (SSSR count). The number of carbonyl (C=O) groups excluding carboxylic acids is 1. The molecule has 2 heterocycles. The summed E-state index contributed by atoms with van der Waals surface area (Å²) in [4.78, 5) is 22.7. The summed E-state index contributed by atoms with van der Waals surface area (Å²) in [5.74, 6) is 0.0791. The minimum Gasteiger partial charge on any atom is -0.302 e. The minimum absolute atomic E-state index is 0.0791. The molecule has 0 radical (unpaired) electrons. The average molecular weight is 372 g/mol. The molecule has 0 bridgehead atoms. The molecule has 0 atom stereocenters. The van der Waals surface area contributed by atoms with Gasteiger partial charge in [-0.05, 0) is 57.1 Å². The first-order chi connectivity index (χ1) is 12.3. The first-order valence-electron chi connectivity index (χ1n) is 8.91.